The molecule has 0 saturated carbocycles. The van der Waals surface area contributed by atoms with Gasteiger partial charge in [0.2, 0.25) is 5.54 Å². The summed E-state index contributed by atoms with van der Waals surface area (Å²) in [5.41, 5.74) is 10.2. The number of rotatable bonds is 8. The van der Waals surface area contributed by atoms with Crippen LogP contribution in [0, 0.1) is 0 Å². The Morgan fingerprint density at radius 2 is 2.05 bits per heavy atom. The molecule has 0 radical (unpaired) electrons. The van der Waals surface area contributed by atoms with E-state index >= 15 is 0 Å². The number of unbranched alkanes of at least 4 members (excludes halogenated alkanes) is 1. The van der Waals surface area contributed by atoms with Crippen LogP contribution in [0.1, 0.15) is 19.8 Å². The fourth-order valence-corrected chi connectivity index (χ4v) is 1.57. The number of aliphatic carboxylic acids is 1. The molecule has 21 heavy (non-hydrogen) atoms. The Morgan fingerprint density at radius 3 is 2.62 bits per heavy atom. The molecule has 0 aliphatic carbocycles. The molecule has 7 heteroatoms. The van der Waals surface area contributed by atoms with Crippen molar-refractivity contribution in [2.75, 3.05) is 24.2 Å². The van der Waals surface area contributed by atoms with Gasteiger partial charge in [0.05, 0.1) is 24.5 Å². The third kappa shape index (κ3) is 4.35. The summed E-state index contributed by atoms with van der Waals surface area (Å²) < 4.78 is 4.91. The Morgan fingerprint density at radius 1 is 1.38 bits per heavy atom. The van der Waals surface area contributed by atoms with Crippen LogP contribution in [0.5, 0.6) is 0 Å². The highest BCUT2D eigenvalue weighted by atomic mass is 16.5. The molecule has 0 fully saturated rings. The Labute approximate surface area is 123 Å². The third-order valence-corrected chi connectivity index (χ3v) is 3.00. The number of para-hydroxylation sites is 2. The molecule has 0 bridgehead atoms. The van der Waals surface area contributed by atoms with Gasteiger partial charge in [-0.3, -0.25) is 0 Å². The zero-order chi connectivity index (χ0) is 15.9. The van der Waals surface area contributed by atoms with Crippen molar-refractivity contribution in [1.82, 2.24) is 0 Å². The first kappa shape index (κ1) is 16.8. The fourth-order valence-electron chi connectivity index (χ4n) is 1.57. The minimum atomic E-state index is -2.16. The topological polar surface area (TPSA) is 128 Å². The summed E-state index contributed by atoms with van der Waals surface area (Å²) in [6.45, 7) is 1.76. The largest absolute Gasteiger partial charge is 0.479 e. The van der Waals surface area contributed by atoms with E-state index < -0.39 is 17.5 Å². The van der Waals surface area contributed by atoms with Gasteiger partial charge in [0.25, 0.3) is 0 Å². The van der Waals surface area contributed by atoms with Gasteiger partial charge in [-0.1, -0.05) is 25.5 Å². The van der Waals surface area contributed by atoms with Crippen LogP contribution in [-0.2, 0) is 14.3 Å². The van der Waals surface area contributed by atoms with E-state index in [0.717, 1.165) is 6.42 Å². The molecule has 0 aliphatic heterocycles. The van der Waals surface area contributed by atoms with Gasteiger partial charge in [-0.25, -0.2) is 9.59 Å². The normalized spacial score (nSPS) is 13.2. The Balaban J connectivity index is 2.74. The van der Waals surface area contributed by atoms with Crippen molar-refractivity contribution in [1.29, 1.82) is 0 Å². The molecule has 0 heterocycles. The van der Waals surface area contributed by atoms with Crippen molar-refractivity contribution in [3.63, 3.8) is 0 Å². The quantitative estimate of drug-likeness (QED) is 0.242. The summed E-state index contributed by atoms with van der Waals surface area (Å²) in [5.74, 6) is -2.42. The van der Waals surface area contributed by atoms with Crippen molar-refractivity contribution >= 4 is 23.3 Å². The van der Waals surface area contributed by atoms with E-state index in [4.69, 9.17) is 16.2 Å². The zero-order valence-electron chi connectivity index (χ0n) is 12.0. The van der Waals surface area contributed by atoms with Gasteiger partial charge in [-0.15, -0.1) is 0 Å². The van der Waals surface area contributed by atoms with E-state index in [1.807, 2.05) is 6.92 Å². The molecular formula is C14H21N3O4. The first-order valence-corrected chi connectivity index (χ1v) is 6.69. The zero-order valence-corrected chi connectivity index (χ0v) is 12.0. The van der Waals surface area contributed by atoms with Gasteiger partial charge < -0.3 is 26.6 Å². The van der Waals surface area contributed by atoms with Crippen LogP contribution < -0.4 is 16.8 Å². The Kier molecular flexibility index (Phi) is 5.98. The molecule has 0 aliphatic rings. The number of carbonyl (C=O) groups is 2. The summed E-state index contributed by atoms with van der Waals surface area (Å²) in [5, 5.41) is 12.0. The van der Waals surface area contributed by atoms with Crippen molar-refractivity contribution < 1.29 is 19.4 Å². The maximum Gasteiger partial charge on any atom is 0.339 e. The number of carboxylic acids is 1. The van der Waals surface area contributed by atoms with Crippen molar-refractivity contribution in [2.45, 2.75) is 25.3 Å². The first-order valence-electron chi connectivity index (χ1n) is 6.69. The second-order valence-corrected chi connectivity index (χ2v) is 4.71. The van der Waals surface area contributed by atoms with Crippen LogP contribution in [0.25, 0.3) is 0 Å². The molecule has 0 spiro atoms. The first-order chi connectivity index (χ1) is 9.91. The highest BCUT2D eigenvalue weighted by Crippen LogP contribution is 2.18. The number of ether oxygens (including phenoxy) is 1. The number of benzene rings is 1. The summed E-state index contributed by atoms with van der Waals surface area (Å²) in [6, 6.07) is 6.80. The van der Waals surface area contributed by atoms with Gasteiger partial charge >= 0.3 is 11.9 Å². The lowest BCUT2D eigenvalue weighted by atomic mass is 10.0. The highest BCUT2D eigenvalue weighted by Gasteiger charge is 2.44. The molecule has 0 amide bonds. The Hall–Kier alpha value is -2.28. The summed E-state index contributed by atoms with van der Waals surface area (Å²) in [6.07, 6.45) is 1.48. The van der Waals surface area contributed by atoms with Crippen LogP contribution in [-0.4, -0.2) is 35.7 Å². The third-order valence-electron chi connectivity index (χ3n) is 3.00. The molecule has 1 unspecified atom stereocenters. The molecule has 116 valence electrons. The predicted octanol–water partition coefficient (Wildman–Crippen LogP) is 0.806. The van der Waals surface area contributed by atoms with Crippen LogP contribution in [0.2, 0.25) is 0 Å². The number of esters is 1. The summed E-state index contributed by atoms with van der Waals surface area (Å²) in [4.78, 5) is 23.2. The monoisotopic (exact) mass is 295 g/mol. The molecule has 1 atom stereocenters. The van der Waals surface area contributed by atoms with E-state index in [9.17, 15) is 14.7 Å². The molecule has 1 rings (SSSR count). The molecule has 0 aromatic heterocycles. The number of anilines is 2. The molecule has 1 aromatic rings. The van der Waals surface area contributed by atoms with Crippen LogP contribution in [0.4, 0.5) is 11.4 Å². The van der Waals surface area contributed by atoms with E-state index in [2.05, 4.69) is 5.32 Å². The van der Waals surface area contributed by atoms with Crippen LogP contribution in [0.15, 0.2) is 24.3 Å². The SMILES string of the molecule is CCCCOC(=O)C(N)(CNc1ccccc1N)C(=O)O. The van der Waals surface area contributed by atoms with E-state index in [1.165, 1.54) is 0 Å². The maximum absolute atomic E-state index is 11.9. The minimum Gasteiger partial charge on any atom is -0.479 e. The van der Waals surface area contributed by atoms with Crippen molar-refractivity contribution in [3.8, 4) is 0 Å². The molecular weight excluding hydrogens is 274 g/mol. The average Bonchev–Trinajstić information content (AvgIpc) is 2.46. The van der Waals surface area contributed by atoms with E-state index in [1.54, 1.807) is 24.3 Å². The minimum absolute atomic E-state index is 0.148. The van der Waals surface area contributed by atoms with Gasteiger partial charge in [-0.05, 0) is 18.6 Å². The second kappa shape index (κ2) is 7.49. The predicted molar refractivity (Wildman–Crippen MR) is 79.8 cm³/mol. The number of nitrogens with one attached hydrogen (secondary N) is 1. The fraction of sp³-hybridized carbons (Fsp3) is 0.429. The lowest BCUT2D eigenvalue weighted by molar-refractivity contribution is -0.160. The summed E-state index contributed by atoms with van der Waals surface area (Å²) >= 11 is 0. The molecule has 1 aromatic carbocycles. The van der Waals surface area contributed by atoms with Crippen molar-refractivity contribution in [2.24, 2.45) is 5.73 Å². The van der Waals surface area contributed by atoms with Crippen LogP contribution >= 0.6 is 0 Å². The number of hydrogen-bond donors (Lipinski definition) is 4. The number of hydrogen-bond acceptors (Lipinski definition) is 6. The summed E-state index contributed by atoms with van der Waals surface area (Å²) in [7, 11) is 0. The van der Waals surface area contributed by atoms with Gasteiger partial charge in [0.15, 0.2) is 0 Å². The lowest BCUT2D eigenvalue weighted by Crippen LogP contribution is -2.60. The van der Waals surface area contributed by atoms with Gasteiger partial charge in [-0.2, -0.15) is 0 Å². The van der Waals surface area contributed by atoms with Crippen molar-refractivity contribution in [3.05, 3.63) is 24.3 Å². The smallest absolute Gasteiger partial charge is 0.339 e. The van der Waals surface area contributed by atoms with Gasteiger partial charge in [0, 0.05) is 0 Å². The average molecular weight is 295 g/mol. The number of carbonyl (C=O) groups excluding carboxylic acids is 1. The highest BCUT2D eigenvalue weighted by molar-refractivity contribution is 6.04. The lowest BCUT2D eigenvalue weighted by Gasteiger charge is -2.24. The number of carboxylic acid groups (broad SMARTS) is 1. The molecule has 7 nitrogen and oxygen atoms in total. The van der Waals surface area contributed by atoms with E-state index in [-0.39, 0.29) is 13.2 Å². The Bertz CT molecular complexity index is 507. The second-order valence-electron chi connectivity index (χ2n) is 4.71. The molecule has 0 saturated heterocycles. The van der Waals surface area contributed by atoms with Crippen LogP contribution in [0.3, 0.4) is 0 Å². The number of nitrogens with two attached hydrogens (primary N) is 2. The maximum atomic E-state index is 11.9. The molecule has 6 N–H and O–H groups in total. The standard InChI is InChI=1S/C14H21N3O4/c1-2-3-8-21-13(20)14(16,12(18)19)9-17-11-7-5-4-6-10(11)15/h4-7,17H,2-3,8-9,15-16H2,1H3,(H,18,19). The number of nitrogen functional groups attached to an aromatic ring is 1. The van der Waals surface area contributed by atoms with Gasteiger partial charge in [0.1, 0.15) is 0 Å². The van der Waals surface area contributed by atoms with E-state index in [0.29, 0.717) is 17.8 Å².